The van der Waals surface area contributed by atoms with Crippen LogP contribution in [0.1, 0.15) is 25.4 Å². The van der Waals surface area contributed by atoms with Gasteiger partial charge in [0.15, 0.2) is 5.82 Å². The van der Waals surface area contributed by atoms with Crippen molar-refractivity contribution in [2.45, 2.75) is 27.4 Å². The number of hydrogen-bond donors (Lipinski definition) is 1. The Morgan fingerprint density at radius 2 is 2.05 bits per heavy atom. The highest BCUT2D eigenvalue weighted by Gasteiger charge is 2.07. The summed E-state index contributed by atoms with van der Waals surface area (Å²) < 4.78 is 11.1. The Morgan fingerprint density at radius 3 is 2.71 bits per heavy atom. The topological polar surface area (TPSA) is 69.2 Å². The number of hydrogen-bond acceptors (Lipinski definition) is 6. The lowest BCUT2D eigenvalue weighted by molar-refractivity contribution is 0.128. The molecule has 0 aromatic carbocycles. The third-order valence-corrected chi connectivity index (χ3v) is 2.65. The molecule has 21 heavy (non-hydrogen) atoms. The summed E-state index contributed by atoms with van der Waals surface area (Å²) in [7, 11) is 0. The van der Waals surface area contributed by atoms with Crippen LogP contribution in [0.3, 0.4) is 0 Å². The van der Waals surface area contributed by atoms with E-state index >= 15 is 0 Å². The molecule has 0 bridgehead atoms. The fourth-order valence-electron chi connectivity index (χ4n) is 1.69. The number of nitrogens with zero attached hydrogens (tertiary/aromatic N) is 3. The molecule has 0 radical (unpaired) electrons. The van der Waals surface area contributed by atoms with E-state index in [9.17, 15) is 0 Å². The van der Waals surface area contributed by atoms with Gasteiger partial charge in [0.1, 0.15) is 18.2 Å². The minimum Gasteiger partial charge on any atom is -0.437 e. The zero-order chi connectivity index (χ0) is 15.1. The van der Waals surface area contributed by atoms with Gasteiger partial charge in [0.25, 0.3) is 0 Å². The number of pyridine rings is 1. The molecule has 6 nitrogen and oxygen atoms in total. The summed E-state index contributed by atoms with van der Waals surface area (Å²) in [6, 6.07) is 5.52. The third-order valence-electron chi connectivity index (χ3n) is 2.65. The van der Waals surface area contributed by atoms with Gasteiger partial charge >= 0.3 is 0 Å². The zero-order valence-corrected chi connectivity index (χ0v) is 12.6. The summed E-state index contributed by atoms with van der Waals surface area (Å²) in [6.07, 6.45) is 1.67. The molecule has 0 aliphatic heterocycles. The quantitative estimate of drug-likeness (QED) is 0.844. The maximum atomic E-state index is 5.73. The van der Waals surface area contributed by atoms with Crippen LogP contribution in [0.4, 0.5) is 5.82 Å². The summed E-state index contributed by atoms with van der Waals surface area (Å²) in [6.45, 7) is 7.62. The predicted octanol–water partition coefficient (Wildman–Crippen LogP) is 2.94. The molecular weight excluding hydrogens is 268 g/mol. The molecule has 0 fully saturated rings. The van der Waals surface area contributed by atoms with Crippen LogP contribution in [0.15, 0.2) is 24.4 Å². The fourth-order valence-corrected chi connectivity index (χ4v) is 1.69. The van der Waals surface area contributed by atoms with Crippen molar-refractivity contribution in [3.05, 3.63) is 35.9 Å². The molecule has 2 aromatic heterocycles. The molecule has 0 amide bonds. The van der Waals surface area contributed by atoms with Gasteiger partial charge in [-0.25, -0.2) is 4.98 Å². The molecule has 2 aromatic rings. The fraction of sp³-hybridized carbons (Fsp3) is 0.400. The second kappa shape index (κ2) is 7.54. The van der Waals surface area contributed by atoms with Gasteiger partial charge in [-0.1, -0.05) is 0 Å². The highest BCUT2D eigenvalue weighted by molar-refractivity contribution is 5.39. The highest BCUT2D eigenvalue weighted by Crippen LogP contribution is 2.21. The standard InChI is InChI=1S/C15H20N4O2/c1-4-16-13-8-15(19-14(18-13)10-20-5-2)21-12-7-6-11(3)17-9-12/h6-9H,4-5,10H2,1-3H3,(H,16,18,19). The van der Waals surface area contributed by atoms with Gasteiger partial charge in [-0.15, -0.1) is 0 Å². The van der Waals surface area contributed by atoms with Crippen molar-refractivity contribution in [1.82, 2.24) is 15.0 Å². The van der Waals surface area contributed by atoms with Crippen LogP contribution in [0.2, 0.25) is 0 Å². The largest absolute Gasteiger partial charge is 0.437 e. The number of anilines is 1. The van der Waals surface area contributed by atoms with Crippen molar-refractivity contribution >= 4 is 5.82 Å². The Morgan fingerprint density at radius 1 is 1.19 bits per heavy atom. The van der Waals surface area contributed by atoms with Crippen LogP contribution in [-0.2, 0) is 11.3 Å². The van der Waals surface area contributed by atoms with Crippen LogP contribution in [0.25, 0.3) is 0 Å². The van der Waals surface area contributed by atoms with E-state index < -0.39 is 0 Å². The van der Waals surface area contributed by atoms with Crippen LogP contribution in [-0.4, -0.2) is 28.1 Å². The van der Waals surface area contributed by atoms with Gasteiger partial charge in [-0.05, 0) is 32.9 Å². The maximum absolute atomic E-state index is 5.73. The Labute approximate surface area is 124 Å². The average molecular weight is 288 g/mol. The maximum Gasteiger partial charge on any atom is 0.224 e. The molecule has 0 spiro atoms. The lowest BCUT2D eigenvalue weighted by Crippen LogP contribution is -2.06. The molecule has 112 valence electrons. The van der Waals surface area contributed by atoms with Gasteiger partial charge in [0, 0.05) is 24.9 Å². The minimum absolute atomic E-state index is 0.359. The summed E-state index contributed by atoms with van der Waals surface area (Å²) in [5.41, 5.74) is 0.940. The van der Waals surface area contributed by atoms with Crippen LogP contribution in [0.5, 0.6) is 11.6 Å². The lowest BCUT2D eigenvalue weighted by Gasteiger charge is -2.10. The summed E-state index contributed by atoms with van der Waals surface area (Å²) >= 11 is 0. The molecule has 0 saturated heterocycles. The Balaban J connectivity index is 2.19. The average Bonchev–Trinajstić information content (AvgIpc) is 2.48. The molecule has 0 atom stereocenters. The molecule has 6 heteroatoms. The number of ether oxygens (including phenoxy) is 2. The first-order valence-electron chi connectivity index (χ1n) is 7.01. The van der Waals surface area contributed by atoms with Gasteiger partial charge in [0.2, 0.25) is 5.88 Å². The number of aryl methyl sites for hydroxylation is 1. The Kier molecular flexibility index (Phi) is 5.45. The second-order valence-electron chi connectivity index (χ2n) is 4.41. The minimum atomic E-state index is 0.359. The van der Waals surface area contributed by atoms with E-state index in [0.29, 0.717) is 30.7 Å². The van der Waals surface area contributed by atoms with E-state index in [1.54, 1.807) is 12.3 Å². The molecule has 0 unspecified atom stereocenters. The first-order valence-corrected chi connectivity index (χ1v) is 7.01. The van der Waals surface area contributed by atoms with Crippen molar-refractivity contribution in [3.63, 3.8) is 0 Å². The van der Waals surface area contributed by atoms with E-state index in [1.807, 2.05) is 32.9 Å². The molecule has 0 aliphatic carbocycles. The SMILES string of the molecule is CCNc1cc(Oc2ccc(C)nc2)nc(COCC)n1. The summed E-state index contributed by atoms with van der Waals surface area (Å²) in [5.74, 6) is 2.42. The second-order valence-corrected chi connectivity index (χ2v) is 4.41. The normalized spacial score (nSPS) is 10.4. The number of nitrogens with one attached hydrogen (secondary N) is 1. The molecular formula is C15H20N4O2. The van der Waals surface area contributed by atoms with E-state index in [2.05, 4.69) is 20.3 Å². The highest BCUT2D eigenvalue weighted by atomic mass is 16.5. The van der Waals surface area contributed by atoms with Crippen molar-refractivity contribution in [2.75, 3.05) is 18.5 Å². The molecule has 2 heterocycles. The summed E-state index contributed by atoms with van der Waals surface area (Å²) in [4.78, 5) is 12.9. The van der Waals surface area contributed by atoms with Crippen molar-refractivity contribution in [1.29, 1.82) is 0 Å². The van der Waals surface area contributed by atoms with E-state index in [0.717, 1.165) is 18.1 Å². The van der Waals surface area contributed by atoms with Crippen molar-refractivity contribution < 1.29 is 9.47 Å². The first kappa shape index (κ1) is 15.2. The molecule has 0 aliphatic rings. The predicted molar refractivity (Wildman–Crippen MR) is 80.6 cm³/mol. The van der Waals surface area contributed by atoms with Gasteiger partial charge < -0.3 is 14.8 Å². The number of aromatic nitrogens is 3. The number of rotatable bonds is 7. The van der Waals surface area contributed by atoms with Crippen molar-refractivity contribution in [2.24, 2.45) is 0 Å². The van der Waals surface area contributed by atoms with Crippen LogP contribution in [0, 0.1) is 6.92 Å². The monoisotopic (exact) mass is 288 g/mol. The third kappa shape index (κ3) is 4.68. The first-order chi connectivity index (χ1) is 10.2. The van der Waals surface area contributed by atoms with Gasteiger partial charge in [-0.2, -0.15) is 4.98 Å². The van der Waals surface area contributed by atoms with Crippen molar-refractivity contribution in [3.8, 4) is 11.6 Å². The van der Waals surface area contributed by atoms with Gasteiger partial charge in [-0.3, -0.25) is 4.98 Å². The Hall–Kier alpha value is -2.21. The van der Waals surface area contributed by atoms with E-state index in [-0.39, 0.29) is 0 Å². The molecule has 0 saturated carbocycles. The van der Waals surface area contributed by atoms with Gasteiger partial charge in [0.05, 0.1) is 6.20 Å². The zero-order valence-electron chi connectivity index (χ0n) is 12.6. The Bertz CT molecular complexity index is 572. The summed E-state index contributed by atoms with van der Waals surface area (Å²) in [5, 5.41) is 3.16. The van der Waals surface area contributed by atoms with E-state index in [1.165, 1.54) is 0 Å². The van der Waals surface area contributed by atoms with E-state index in [4.69, 9.17) is 9.47 Å². The van der Waals surface area contributed by atoms with Crippen LogP contribution < -0.4 is 10.1 Å². The molecule has 2 rings (SSSR count). The smallest absolute Gasteiger partial charge is 0.224 e. The molecule has 1 N–H and O–H groups in total. The van der Waals surface area contributed by atoms with Crippen LogP contribution >= 0.6 is 0 Å². The lowest BCUT2D eigenvalue weighted by atomic mass is 10.4.